The molecule has 0 aliphatic rings. The lowest BCUT2D eigenvalue weighted by Gasteiger charge is -2.11. The molecule has 0 saturated heterocycles. The van der Waals surface area contributed by atoms with Crippen LogP contribution in [-0.4, -0.2) is 0 Å². The van der Waals surface area contributed by atoms with E-state index in [1.165, 1.54) is 177 Å². The lowest BCUT2D eigenvalue weighted by Crippen LogP contribution is -1.94. The predicted molar refractivity (Wildman–Crippen MR) is 224 cm³/mol. The molecule has 0 N–H and O–H groups in total. The van der Waals surface area contributed by atoms with Crippen molar-refractivity contribution in [2.24, 2.45) is 0 Å². The number of rotatable bonds is 24. The number of hydrogen-bond donors (Lipinski definition) is 0. The van der Waals surface area contributed by atoms with E-state index in [1.807, 2.05) is 22.7 Å². The molecule has 0 unspecified atom stereocenters. The van der Waals surface area contributed by atoms with Gasteiger partial charge in [-0.05, 0) is 102 Å². The molecule has 4 heterocycles. The van der Waals surface area contributed by atoms with Crippen molar-refractivity contribution in [1.29, 1.82) is 0 Å². The van der Waals surface area contributed by atoms with E-state index in [1.54, 1.807) is 26.1 Å². The molecule has 1 aromatic carbocycles. The van der Waals surface area contributed by atoms with Crippen LogP contribution < -0.4 is 0 Å². The quantitative estimate of drug-likeness (QED) is 0.0557. The average Bonchev–Trinajstić information content (AvgIpc) is 3.88. The summed E-state index contributed by atoms with van der Waals surface area (Å²) in [6.07, 6.45) is 30.4. The number of unbranched alkanes of at least 4 members (excludes halogenated alkanes) is 18. The average molecular weight is 719 g/mol. The number of benzene rings is 1. The molecule has 48 heavy (non-hydrogen) atoms. The molecule has 262 valence electrons. The monoisotopic (exact) mass is 718 g/mol. The SMILES string of the molecule is CCCCCCCCCCCCc1c(-c2sccc2C)sc2cc3cc(-c4sccc4C)sc3c(CCCCCCCCCCCC)c12. The van der Waals surface area contributed by atoms with Gasteiger partial charge in [-0.25, -0.2) is 0 Å². The van der Waals surface area contributed by atoms with Crippen molar-refractivity contribution in [2.75, 3.05) is 0 Å². The third-order valence-corrected chi connectivity index (χ3v) is 15.1. The molecule has 4 aromatic heterocycles. The normalized spacial score (nSPS) is 11.9. The first-order chi connectivity index (χ1) is 23.6. The summed E-state index contributed by atoms with van der Waals surface area (Å²) in [7, 11) is 0. The Kier molecular flexibility index (Phi) is 16.1. The molecule has 0 atom stereocenters. The van der Waals surface area contributed by atoms with Gasteiger partial charge in [0.2, 0.25) is 0 Å². The lowest BCUT2D eigenvalue weighted by molar-refractivity contribution is 0.556. The molecule has 5 aromatic rings. The highest BCUT2D eigenvalue weighted by Gasteiger charge is 2.22. The van der Waals surface area contributed by atoms with Crippen molar-refractivity contribution in [3.05, 3.63) is 57.3 Å². The van der Waals surface area contributed by atoms with Crippen molar-refractivity contribution in [1.82, 2.24) is 0 Å². The Labute approximate surface area is 309 Å². The molecular weight excluding hydrogens is 657 g/mol. The number of fused-ring (bicyclic) bond motifs is 2. The van der Waals surface area contributed by atoms with Gasteiger partial charge in [0.1, 0.15) is 0 Å². The van der Waals surface area contributed by atoms with Crippen LogP contribution in [0, 0.1) is 13.8 Å². The largest absolute Gasteiger partial charge is 0.143 e. The Bertz CT molecular complexity index is 1640. The van der Waals surface area contributed by atoms with Gasteiger partial charge in [0.25, 0.3) is 0 Å². The van der Waals surface area contributed by atoms with Crippen LogP contribution in [0.25, 0.3) is 39.7 Å². The maximum Gasteiger partial charge on any atom is 0.0489 e. The fraction of sp³-hybridized carbons (Fsp3) is 0.591. The van der Waals surface area contributed by atoms with Crippen LogP contribution in [0.1, 0.15) is 165 Å². The highest BCUT2D eigenvalue weighted by atomic mass is 32.1. The van der Waals surface area contributed by atoms with Crippen molar-refractivity contribution in [2.45, 2.75) is 169 Å². The van der Waals surface area contributed by atoms with Crippen molar-refractivity contribution < 1.29 is 0 Å². The van der Waals surface area contributed by atoms with Crippen molar-refractivity contribution in [3.8, 4) is 19.5 Å². The Morgan fingerprint density at radius 1 is 0.479 bits per heavy atom. The number of hydrogen-bond acceptors (Lipinski definition) is 4. The van der Waals surface area contributed by atoms with Crippen molar-refractivity contribution >= 4 is 65.5 Å². The minimum Gasteiger partial charge on any atom is -0.143 e. The minimum atomic E-state index is 1.22. The van der Waals surface area contributed by atoms with Crippen LogP contribution >= 0.6 is 45.3 Å². The maximum atomic E-state index is 2.56. The molecule has 4 heteroatoms. The van der Waals surface area contributed by atoms with E-state index in [2.05, 4.69) is 85.4 Å². The number of aryl methyl sites for hydroxylation is 4. The van der Waals surface area contributed by atoms with Crippen molar-refractivity contribution in [3.63, 3.8) is 0 Å². The maximum absolute atomic E-state index is 2.56. The molecule has 0 aliphatic carbocycles. The van der Waals surface area contributed by atoms with Gasteiger partial charge >= 0.3 is 0 Å². The summed E-state index contributed by atoms with van der Waals surface area (Å²) in [6.45, 7) is 9.23. The van der Waals surface area contributed by atoms with Gasteiger partial charge < -0.3 is 0 Å². The first-order valence-corrected chi connectivity index (χ1v) is 23.1. The molecular formula is C44H62S4. The lowest BCUT2D eigenvalue weighted by atomic mass is 9.94. The van der Waals surface area contributed by atoms with Gasteiger partial charge in [-0.15, -0.1) is 45.3 Å². The predicted octanol–water partition coefficient (Wildman–Crippen LogP) is 17.1. The Morgan fingerprint density at radius 2 is 0.958 bits per heavy atom. The fourth-order valence-electron chi connectivity index (χ4n) is 7.50. The van der Waals surface area contributed by atoms with Crippen LogP contribution in [0.15, 0.2) is 35.0 Å². The van der Waals surface area contributed by atoms with Crippen LogP contribution in [0.3, 0.4) is 0 Å². The first-order valence-electron chi connectivity index (χ1n) is 19.7. The zero-order chi connectivity index (χ0) is 33.6. The highest BCUT2D eigenvalue weighted by Crippen LogP contribution is 2.49. The summed E-state index contributed by atoms with van der Waals surface area (Å²) < 4.78 is 3.10. The molecule has 0 nitrogen and oxygen atoms in total. The molecule has 0 amide bonds. The van der Waals surface area contributed by atoms with Crippen LogP contribution in [0.5, 0.6) is 0 Å². The van der Waals surface area contributed by atoms with Gasteiger partial charge in [0.05, 0.1) is 0 Å². The summed E-state index contributed by atoms with van der Waals surface area (Å²) in [4.78, 5) is 6.01. The zero-order valence-electron chi connectivity index (χ0n) is 30.7. The summed E-state index contributed by atoms with van der Waals surface area (Å²) >= 11 is 8.03. The molecule has 0 spiro atoms. The third kappa shape index (κ3) is 10.3. The van der Waals surface area contributed by atoms with E-state index in [0.29, 0.717) is 0 Å². The Morgan fingerprint density at radius 3 is 1.46 bits per heavy atom. The van der Waals surface area contributed by atoms with Gasteiger partial charge in [0.15, 0.2) is 0 Å². The van der Waals surface area contributed by atoms with E-state index in [9.17, 15) is 0 Å². The van der Waals surface area contributed by atoms with Crippen LogP contribution in [0.2, 0.25) is 0 Å². The Hall–Kier alpha value is -1.46. The Balaban J connectivity index is 1.36. The standard InChI is InChI=1S/C44H62S4/c1-5-7-9-11-13-15-17-19-21-23-25-36-40-37(26-24-22-20-18-16-14-12-10-8-6-2)44(42-34(4)28-30-46-42)47-38(40)31-35-32-39(48-43(35)36)41-33(3)27-29-45-41/h27-32H,5-26H2,1-4H3. The van der Waals surface area contributed by atoms with E-state index in [0.717, 1.165) is 0 Å². The summed E-state index contributed by atoms with van der Waals surface area (Å²) in [5, 5.41) is 7.67. The van der Waals surface area contributed by atoms with E-state index in [-0.39, 0.29) is 0 Å². The molecule has 0 fully saturated rings. The second-order valence-electron chi connectivity index (χ2n) is 14.4. The highest BCUT2D eigenvalue weighted by molar-refractivity contribution is 7.27. The van der Waals surface area contributed by atoms with Gasteiger partial charge in [0, 0.05) is 34.3 Å². The van der Waals surface area contributed by atoms with Crippen LogP contribution in [-0.2, 0) is 12.8 Å². The second-order valence-corrected chi connectivity index (χ2v) is 18.3. The molecule has 0 radical (unpaired) electrons. The molecule has 0 saturated carbocycles. The summed E-state index contributed by atoms with van der Waals surface area (Å²) in [5.74, 6) is 0. The number of thiophene rings is 4. The van der Waals surface area contributed by atoms with Gasteiger partial charge in [-0.1, -0.05) is 129 Å². The minimum absolute atomic E-state index is 1.22. The summed E-state index contributed by atoms with van der Waals surface area (Å²) in [6, 6.07) is 9.69. The second kappa shape index (κ2) is 20.4. The molecule has 0 aliphatic heterocycles. The van der Waals surface area contributed by atoms with E-state index >= 15 is 0 Å². The fourth-order valence-corrected chi connectivity index (χ4v) is 12.3. The van der Waals surface area contributed by atoms with Gasteiger partial charge in [-0.2, -0.15) is 0 Å². The summed E-state index contributed by atoms with van der Waals surface area (Å²) in [5.41, 5.74) is 6.21. The molecule has 5 rings (SSSR count). The molecule has 0 bridgehead atoms. The topological polar surface area (TPSA) is 0 Å². The first kappa shape index (κ1) is 37.8. The van der Waals surface area contributed by atoms with Crippen LogP contribution in [0.4, 0.5) is 0 Å². The zero-order valence-corrected chi connectivity index (χ0v) is 33.9. The smallest absolute Gasteiger partial charge is 0.0489 e. The third-order valence-electron chi connectivity index (χ3n) is 10.4. The van der Waals surface area contributed by atoms with Gasteiger partial charge in [-0.3, -0.25) is 0 Å². The van der Waals surface area contributed by atoms with E-state index in [4.69, 9.17) is 0 Å². The van der Waals surface area contributed by atoms with E-state index < -0.39 is 0 Å².